The summed E-state index contributed by atoms with van der Waals surface area (Å²) in [6.07, 6.45) is 1.08. The molecule has 0 aliphatic carbocycles. The molecule has 0 saturated carbocycles. The predicted octanol–water partition coefficient (Wildman–Crippen LogP) is 1.37. The summed E-state index contributed by atoms with van der Waals surface area (Å²) in [4.78, 5) is 11.5. The molecule has 0 aliphatic heterocycles. The molecule has 0 saturated heterocycles. The van der Waals surface area contributed by atoms with Crippen LogP contribution in [0.5, 0.6) is 0 Å². The van der Waals surface area contributed by atoms with Crippen LogP contribution in [0, 0.1) is 0 Å². The highest BCUT2D eigenvalue weighted by Crippen LogP contribution is 2.28. The molecule has 90 valence electrons. The third-order valence-electron chi connectivity index (χ3n) is 2.06. The zero-order valence-electron chi connectivity index (χ0n) is 8.93. The van der Waals surface area contributed by atoms with Gasteiger partial charge in [-0.1, -0.05) is 0 Å². The summed E-state index contributed by atoms with van der Waals surface area (Å²) in [7, 11) is -3.29. The lowest BCUT2D eigenvalue weighted by atomic mass is 10.2. The lowest BCUT2D eigenvalue weighted by molar-refractivity contribution is 0.100. The van der Waals surface area contributed by atoms with Crippen LogP contribution in [0.1, 0.15) is 9.67 Å². The number of thiophene rings is 1. The Labute approximate surface area is 102 Å². The van der Waals surface area contributed by atoms with Crippen molar-refractivity contribution in [1.29, 1.82) is 0 Å². The number of amides is 1. The maximum atomic E-state index is 11.1. The van der Waals surface area contributed by atoms with Gasteiger partial charge < -0.3 is 5.73 Å². The Morgan fingerprint density at radius 2 is 2.06 bits per heavy atom. The van der Waals surface area contributed by atoms with Crippen molar-refractivity contribution in [3.8, 4) is 0 Å². The van der Waals surface area contributed by atoms with E-state index >= 15 is 0 Å². The molecule has 0 radical (unpaired) electrons. The van der Waals surface area contributed by atoms with Crippen LogP contribution in [0.4, 0.5) is 5.69 Å². The van der Waals surface area contributed by atoms with E-state index in [0.717, 1.165) is 16.3 Å². The number of carbonyl (C=O) groups excluding carboxylic acids is 1. The van der Waals surface area contributed by atoms with Gasteiger partial charge >= 0.3 is 0 Å². The highest BCUT2D eigenvalue weighted by molar-refractivity contribution is 7.92. The molecule has 1 aromatic heterocycles. The molecule has 7 heteroatoms. The lowest BCUT2D eigenvalue weighted by Gasteiger charge is -2.02. The molecular weight excluding hydrogens is 260 g/mol. The summed E-state index contributed by atoms with van der Waals surface area (Å²) < 4.78 is 25.4. The first-order valence-electron chi connectivity index (χ1n) is 4.66. The number of rotatable bonds is 3. The number of anilines is 1. The first kappa shape index (κ1) is 11.9. The predicted molar refractivity (Wildman–Crippen MR) is 68.8 cm³/mol. The number of sulfonamides is 1. The van der Waals surface area contributed by atoms with Crippen molar-refractivity contribution < 1.29 is 13.2 Å². The van der Waals surface area contributed by atoms with Gasteiger partial charge in [0, 0.05) is 10.4 Å². The van der Waals surface area contributed by atoms with E-state index in [1.165, 1.54) is 11.3 Å². The average Bonchev–Trinajstić information content (AvgIpc) is 2.57. The highest BCUT2D eigenvalue weighted by atomic mass is 32.2. The van der Waals surface area contributed by atoms with Gasteiger partial charge in [-0.3, -0.25) is 9.52 Å². The van der Waals surface area contributed by atoms with Gasteiger partial charge in [-0.2, -0.15) is 0 Å². The summed E-state index contributed by atoms with van der Waals surface area (Å²) in [6, 6.07) is 6.71. The number of nitrogens with two attached hydrogens (primary N) is 1. The smallest absolute Gasteiger partial charge is 0.258 e. The van der Waals surface area contributed by atoms with Crippen molar-refractivity contribution in [3.05, 3.63) is 29.1 Å². The first-order chi connectivity index (χ1) is 7.85. The van der Waals surface area contributed by atoms with Crippen LogP contribution in [0.2, 0.25) is 0 Å². The number of hydrogen-bond acceptors (Lipinski definition) is 4. The monoisotopic (exact) mass is 270 g/mol. The highest BCUT2D eigenvalue weighted by Gasteiger charge is 2.08. The third kappa shape index (κ3) is 2.75. The first-order valence-corrected chi connectivity index (χ1v) is 7.37. The zero-order chi connectivity index (χ0) is 12.6. The van der Waals surface area contributed by atoms with Gasteiger partial charge in [0.1, 0.15) is 0 Å². The summed E-state index contributed by atoms with van der Waals surface area (Å²) in [5, 5.41) is 0.789. The Balaban J connectivity index is 2.47. The maximum absolute atomic E-state index is 11.1. The van der Waals surface area contributed by atoms with Gasteiger partial charge in [0.25, 0.3) is 5.91 Å². The quantitative estimate of drug-likeness (QED) is 0.882. The van der Waals surface area contributed by atoms with Gasteiger partial charge in [-0.25, -0.2) is 8.42 Å². The number of benzene rings is 1. The molecular formula is C10H10N2O3S2. The SMILES string of the molecule is CS(=O)(=O)Nc1ccc2sc(C(N)=O)cc2c1. The molecule has 1 aromatic carbocycles. The van der Waals surface area contributed by atoms with Crippen LogP contribution in [0.25, 0.3) is 10.1 Å². The van der Waals surface area contributed by atoms with Crippen molar-refractivity contribution in [3.63, 3.8) is 0 Å². The van der Waals surface area contributed by atoms with Gasteiger partial charge in [-0.15, -0.1) is 11.3 Å². The number of hydrogen-bond donors (Lipinski definition) is 2. The third-order valence-corrected chi connectivity index (χ3v) is 3.80. The molecule has 0 atom stereocenters. The van der Waals surface area contributed by atoms with E-state index in [2.05, 4.69) is 4.72 Å². The fourth-order valence-electron chi connectivity index (χ4n) is 1.44. The molecule has 0 unspecified atom stereocenters. The molecule has 0 aliphatic rings. The lowest BCUT2D eigenvalue weighted by Crippen LogP contribution is -2.09. The summed E-state index contributed by atoms with van der Waals surface area (Å²) >= 11 is 1.28. The normalized spacial score (nSPS) is 11.6. The van der Waals surface area contributed by atoms with E-state index in [1.807, 2.05) is 0 Å². The fraction of sp³-hybridized carbons (Fsp3) is 0.100. The van der Waals surface area contributed by atoms with Crippen molar-refractivity contribution in [2.75, 3.05) is 11.0 Å². The zero-order valence-corrected chi connectivity index (χ0v) is 10.6. The van der Waals surface area contributed by atoms with Crippen LogP contribution in [-0.4, -0.2) is 20.6 Å². The van der Waals surface area contributed by atoms with E-state index in [4.69, 9.17) is 5.73 Å². The second-order valence-corrected chi connectivity index (χ2v) is 6.43. The molecule has 2 aromatic rings. The van der Waals surface area contributed by atoms with Gasteiger partial charge in [0.05, 0.1) is 11.1 Å². The Morgan fingerprint density at radius 3 is 2.65 bits per heavy atom. The number of carbonyl (C=O) groups is 1. The van der Waals surface area contributed by atoms with Crippen molar-refractivity contribution in [2.24, 2.45) is 5.73 Å². The van der Waals surface area contributed by atoms with Crippen LogP contribution in [0.3, 0.4) is 0 Å². The Hall–Kier alpha value is -1.60. The minimum absolute atomic E-state index is 0.455. The van der Waals surface area contributed by atoms with Crippen LogP contribution in [-0.2, 0) is 10.0 Å². The number of primary amides is 1. The molecule has 1 amide bonds. The van der Waals surface area contributed by atoms with Crippen molar-refractivity contribution in [2.45, 2.75) is 0 Å². The fourth-order valence-corrected chi connectivity index (χ4v) is 2.89. The minimum atomic E-state index is -3.29. The van der Waals surface area contributed by atoms with Crippen LogP contribution < -0.4 is 10.5 Å². The van der Waals surface area contributed by atoms with Crippen molar-refractivity contribution >= 4 is 43.0 Å². The van der Waals surface area contributed by atoms with E-state index in [-0.39, 0.29) is 0 Å². The molecule has 17 heavy (non-hydrogen) atoms. The molecule has 0 fully saturated rings. The summed E-state index contributed by atoms with van der Waals surface area (Å²) in [5.41, 5.74) is 5.64. The Morgan fingerprint density at radius 1 is 1.35 bits per heavy atom. The van der Waals surface area contributed by atoms with Gasteiger partial charge in [0.2, 0.25) is 10.0 Å². The topological polar surface area (TPSA) is 89.3 Å². The summed E-state index contributed by atoms with van der Waals surface area (Å²) in [5.74, 6) is -0.483. The maximum Gasteiger partial charge on any atom is 0.258 e. The largest absolute Gasteiger partial charge is 0.365 e. The van der Waals surface area contributed by atoms with Gasteiger partial charge in [0.15, 0.2) is 0 Å². The molecule has 2 rings (SSSR count). The molecule has 0 spiro atoms. The summed E-state index contributed by atoms with van der Waals surface area (Å²) in [6.45, 7) is 0. The van der Waals surface area contributed by atoms with E-state index in [0.29, 0.717) is 10.6 Å². The van der Waals surface area contributed by atoms with Crippen molar-refractivity contribution in [1.82, 2.24) is 0 Å². The van der Waals surface area contributed by atoms with E-state index < -0.39 is 15.9 Å². The Kier molecular flexibility index (Phi) is 2.80. The molecule has 1 heterocycles. The van der Waals surface area contributed by atoms with Crippen LogP contribution >= 0.6 is 11.3 Å². The number of fused-ring (bicyclic) bond motifs is 1. The second-order valence-electron chi connectivity index (χ2n) is 3.60. The minimum Gasteiger partial charge on any atom is -0.365 e. The van der Waals surface area contributed by atoms with E-state index in [9.17, 15) is 13.2 Å². The standard InChI is InChI=1S/C10H10N2O3S2/c1-17(14,15)12-7-2-3-8-6(4-7)5-9(16-8)10(11)13/h2-5,12H,1H3,(H2,11,13). The molecule has 5 nitrogen and oxygen atoms in total. The Bertz CT molecular complexity index is 689. The average molecular weight is 270 g/mol. The van der Waals surface area contributed by atoms with Crippen LogP contribution in [0.15, 0.2) is 24.3 Å². The second kappa shape index (κ2) is 4.01. The number of nitrogens with one attached hydrogen (secondary N) is 1. The molecule has 0 bridgehead atoms. The van der Waals surface area contributed by atoms with E-state index in [1.54, 1.807) is 24.3 Å². The van der Waals surface area contributed by atoms with Gasteiger partial charge in [-0.05, 0) is 29.7 Å². The molecule has 3 N–H and O–H groups in total.